The second-order valence-corrected chi connectivity index (χ2v) is 5.41. The van der Waals surface area contributed by atoms with Crippen LogP contribution < -0.4 is 0 Å². The first kappa shape index (κ1) is 15.3. The van der Waals surface area contributed by atoms with Crippen molar-refractivity contribution in [1.82, 2.24) is 0 Å². The predicted molar refractivity (Wildman–Crippen MR) is 50.5 cm³/mol. The van der Waals surface area contributed by atoms with Gasteiger partial charge in [-0.3, -0.25) is 4.79 Å². The zero-order valence-corrected chi connectivity index (χ0v) is 9.70. The molecule has 0 radical (unpaired) electrons. The monoisotopic (exact) mass is 304 g/mol. The molecule has 106 valence electrons. The highest BCUT2D eigenvalue weighted by molar-refractivity contribution is 7.91. The molecule has 10 heteroatoms. The summed E-state index contributed by atoms with van der Waals surface area (Å²) in [7, 11) is -4.96. The van der Waals surface area contributed by atoms with Crippen LogP contribution in [0.4, 0.5) is 22.0 Å². The Morgan fingerprint density at radius 3 is 1.63 bits per heavy atom. The summed E-state index contributed by atoms with van der Waals surface area (Å²) in [5.74, 6) is -15.2. The summed E-state index contributed by atoms with van der Waals surface area (Å²) in [5.41, 5.74) is 0. The molecule has 0 aliphatic carbocycles. The van der Waals surface area contributed by atoms with E-state index in [0.29, 0.717) is 0 Å². The van der Waals surface area contributed by atoms with Crippen LogP contribution in [0.1, 0.15) is 6.42 Å². The Bertz CT molecular complexity index is 611. The van der Waals surface area contributed by atoms with Crippen molar-refractivity contribution in [3.63, 3.8) is 0 Å². The number of halogens is 5. The van der Waals surface area contributed by atoms with Crippen molar-refractivity contribution < 1.29 is 40.3 Å². The molecule has 0 saturated heterocycles. The average molecular weight is 304 g/mol. The number of carbonyl (C=O) groups is 1. The van der Waals surface area contributed by atoms with Crippen LogP contribution in [0.3, 0.4) is 0 Å². The van der Waals surface area contributed by atoms with E-state index in [4.69, 9.17) is 5.11 Å². The van der Waals surface area contributed by atoms with Gasteiger partial charge in [-0.05, 0) is 0 Å². The third-order valence-electron chi connectivity index (χ3n) is 2.07. The van der Waals surface area contributed by atoms with Crippen molar-refractivity contribution in [1.29, 1.82) is 0 Å². The van der Waals surface area contributed by atoms with E-state index in [1.54, 1.807) is 0 Å². The molecule has 0 unspecified atom stereocenters. The van der Waals surface area contributed by atoms with Crippen molar-refractivity contribution in [2.24, 2.45) is 0 Å². The predicted octanol–water partition coefficient (Wildman–Crippen LogP) is 1.63. The van der Waals surface area contributed by atoms with Crippen molar-refractivity contribution in [3.05, 3.63) is 29.1 Å². The van der Waals surface area contributed by atoms with E-state index in [1.807, 2.05) is 0 Å². The fourth-order valence-corrected chi connectivity index (χ4v) is 2.55. The van der Waals surface area contributed by atoms with Crippen LogP contribution >= 0.6 is 0 Å². The number of hydrogen-bond donors (Lipinski definition) is 1. The molecule has 0 atom stereocenters. The van der Waals surface area contributed by atoms with E-state index < -0.39 is 62.0 Å². The van der Waals surface area contributed by atoms with Gasteiger partial charge in [-0.25, -0.2) is 30.4 Å². The van der Waals surface area contributed by atoms with Crippen LogP contribution in [-0.4, -0.2) is 25.2 Å². The van der Waals surface area contributed by atoms with E-state index in [-0.39, 0.29) is 0 Å². The van der Waals surface area contributed by atoms with E-state index >= 15 is 0 Å². The van der Waals surface area contributed by atoms with Gasteiger partial charge in [0.05, 0.1) is 12.2 Å². The van der Waals surface area contributed by atoms with E-state index in [9.17, 15) is 35.2 Å². The van der Waals surface area contributed by atoms with Gasteiger partial charge in [0.15, 0.2) is 33.1 Å². The Kier molecular flexibility index (Phi) is 4.13. The molecule has 0 aromatic heterocycles. The summed E-state index contributed by atoms with van der Waals surface area (Å²) in [6.45, 7) is 0. The molecule has 1 N–H and O–H groups in total. The highest BCUT2D eigenvalue weighted by atomic mass is 32.2. The summed E-state index contributed by atoms with van der Waals surface area (Å²) in [5, 5.41) is 8.26. The Morgan fingerprint density at radius 2 is 1.26 bits per heavy atom. The zero-order chi connectivity index (χ0) is 15.0. The number of hydrogen-bond acceptors (Lipinski definition) is 3. The zero-order valence-electron chi connectivity index (χ0n) is 8.88. The lowest BCUT2D eigenvalue weighted by atomic mass is 10.3. The molecule has 1 aromatic rings. The lowest BCUT2D eigenvalue weighted by Gasteiger charge is -2.08. The molecule has 0 spiro atoms. The van der Waals surface area contributed by atoms with Crippen LogP contribution in [-0.2, 0) is 14.6 Å². The summed E-state index contributed by atoms with van der Waals surface area (Å²) >= 11 is 0. The Morgan fingerprint density at radius 1 is 0.895 bits per heavy atom. The van der Waals surface area contributed by atoms with Gasteiger partial charge in [-0.15, -0.1) is 0 Å². The van der Waals surface area contributed by atoms with E-state index in [1.165, 1.54) is 0 Å². The Hall–Kier alpha value is -1.71. The molecular weight excluding hydrogens is 299 g/mol. The maximum absolute atomic E-state index is 13.2. The minimum absolute atomic E-state index is 1.04. The smallest absolute Gasteiger partial charge is 0.304 e. The fraction of sp³-hybridized carbons (Fsp3) is 0.222. The first-order valence-electron chi connectivity index (χ1n) is 4.55. The first-order chi connectivity index (χ1) is 8.59. The van der Waals surface area contributed by atoms with Crippen LogP contribution in [0.5, 0.6) is 0 Å². The maximum Gasteiger partial charge on any atom is 0.304 e. The van der Waals surface area contributed by atoms with Gasteiger partial charge in [-0.2, -0.15) is 0 Å². The third kappa shape index (κ3) is 2.83. The second-order valence-electron chi connectivity index (χ2n) is 3.36. The molecule has 0 amide bonds. The summed E-state index contributed by atoms with van der Waals surface area (Å²) in [4.78, 5) is 8.15. The van der Waals surface area contributed by atoms with Gasteiger partial charge in [0.25, 0.3) is 0 Å². The van der Waals surface area contributed by atoms with Gasteiger partial charge in [0.1, 0.15) is 4.90 Å². The van der Waals surface area contributed by atoms with Gasteiger partial charge in [0.2, 0.25) is 5.82 Å². The minimum atomic E-state index is -4.96. The molecule has 4 nitrogen and oxygen atoms in total. The highest BCUT2D eigenvalue weighted by Crippen LogP contribution is 2.27. The lowest BCUT2D eigenvalue weighted by Crippen LogP contribution is -2.17. The molecule has 0 bridgehead atoms. The molecule has 1 rings (SSSR count). The summed E-state index contributed by atoms with van der Waals surface area (Å²) in [6.07, 6.45) is -1.04. The Labute approximate surface area is 103 Å². The third-order valence-corrected chi connectivity index (χ3v) is 3.79. The fourth-order valence-electron chi connectivity index (χ4n) is 1.18. The molecule has 0 fully saturated rings. The number of sulfone groups is 1. The van der Waals surface area contributed by atoms with Gasteiger partial charge < -0.3 is 5.11 Å². The molecular formula is C9H5F5O4S. The number of benzene rings is 1. The quantitative estimate of drug-likeness (QED) is 0.397. The molecule has 0 aliphatic rings. The van der Waals surface area contributed by atoms with Gasteiger partial charge >= 0.3 is 5.97 Å². The van der Waals surface area contributed by atoms with Crippen molar-refractivity contribution in [2.75, 3.05) is 5.75 Å². The maximum atomic E-state index is 13.2. The standard InChI is InChI=1S/C9H5F5O4S/c10-4-5(11)7(13)9(8(14)6(4)12)19(17,18)2-1-3(15)16/h1-2H2,(H,15,16). The van der Waals surface area contributed by atoms with Crippen LogP contribution in [0.25, 0.3) is 0 Å². The van der Waals surface area contributed by atoms with Crippen LogP contribution in [0.2, 0.25) is 0 Å². The average Bonchev–Trinajstić information content (AvgIpc) is 2.31. The SMILES string of the molecule is O=C(O)CCS(=O)(=O)c1c(F)c(F)c(F)c(F)c1F. The largest absolute Gasteiger partial charge is 0.481 e. The van der Waals surface area contributed by atoms with E-state index in [0.717, 1.165) is 0 Å². The minimum Gasteiger partial charge on any atom is -0.481 e. The topological polar surface area (TPSA) is 71.4 Å². The van der Waals surface area contributed by atoms with Crippen molar-refractivity contribution in [2.45, 2.75) is 11.3 Å². The van der Waals surface area contributed by atoms with E-state index in [2.05, 4.69) is 0 Å². The molecule has 0 saturated carbocycles. The van der Waals surface area contributed by atoms with Crippen LogP contribution in [0.15, 0.2) is 4.90 Å². The highest BCUT2D eigenvalue weighted by Gasteiger charge is 2.33. The van der Waals surface area contributed by atoms with Crippen molar-refractivity contribution >= 4 is 15.8 Å². The van der Waals surface area contributed by atoms with Gasteiger partial charge in [0, 0.05) is 0 Å². The number of carboxylic acid groups (broad SMARTS) is 1. The summed E-state index contributed by atoms with van der Waals surface area (Å²) < 4.78 is 87.4. The number of rotatable bonds is 4. The second kappa shape index (κ2) is 5.11. The first-order valence-corrected chi connectivity index (χ1v) is 6.20. The normalized spacial score (nSPS) is 11.6. The van der Waals surface area contributed by atoms with Crippen LogP contribution in [0, 0.1) is 29.1 Å². The van der Waals surface area contributed by atoms with Gasteiger partial charge in [-0.1, -0.05) is 0 Å². The summed E-state index contributed by atoms with van der Waals surface area (Å²) in [6, 6.07) is 0. The number of carboxylic acids is 1. The van der Waals surface area contributed by atoms with Crippen molar-refractivity contribution in [3.8, 4) is 0 Å². The number of aliphatic carboxylic acids is 1. The molecule has 19 heavy (non-hydrogen) atoms. The Balaban J connectivity index is 3.47. The molecule has 0 aliphatic heterocycles. The molecule has 1 aromatic carbocycles. The lowest BCUT2D eigenvalue weighted by molar-refractivity contribution is -0.136. The molecule has 0 heterocycles.